The van der Waals surface area contributed by atoms with Crippen molar-refractivity contribution in [3.05, 3.63) is 0 Å². The van der Waals surface area contributed by atoms with E-state index in [2.05, 4.69) is 26.6 Å². The van der Waals surface area contributed by atoms with Crippen molar-refractivity contribution in [2.45, 2.75) is 130 Å². The van der Waals surface area contributed by atoms with Crippen LogP contribution in [0.3, 0.4) is 0 Å². The van der Waals surface area contributed by atoms with E-state index in [1.165, 1.54) is 0 Å². The van der Waals surface area contributed by atoms with Gasteiger partial charge in [0, 0.05) is 19.4 Å². The Labute approximate surface area is 267 Å². The van der Waals surface area contributed by atoms with Crippen molar-refractivity contribution in [3.8, 4) is 0 Å². The smallest absolute Gasteiger partial charge is 0.303 e. The van der Waals surface area contributed by atoms with Crippen molar-refractivity contribution >= 4 is 35.5 Å². The van der Waals surface area contributed by atoms with Gasteiger partial charge >= 0.3 is 5.97 Å². The first-order valence-corrected chi connectivity index (χ1v) is 16.0. The van der Waals surface area contributed by atoms with Gasteiger partial charge in [0.25, 0.3) is 0 Å². The summed E-state index contributed by atoms with van der Waals surface area (Å²) < 4.78 is 0. The van der Waals surface area contributed by atoms with Crippen molar-refractivity contribution in [1.82, 2.24) is 26.6 Å². The maximum absolute atomic E-state index is 13.4. The molecule has 8 N–H and O–H groups in total. The van der Waals surface area contributed by atoms with E-state index >= 15 is 0 Å². The van der Waals surface area contributed by atoms with Crippen LogP contribution in [0.15, 0.2) is 0 Å². The molecule has 0 heterocycles. The third kappa shape index (κ3) is 17.1. The number of rotatable bonds is 23. The van der Waals surface area contributed by atoms with Crippen molar-refractivity contribution in [1.29, 1.82) is 0 Å². The molecule has 0 saturated carbocycles. The zero-order chi connectivity index (χ0) is 34.7. The molecule has 0 saturated heterocycles. The third-order valence-corrected chi connectivity index (χ3v) is 7.41. The van der Waals surface area contributed by atoms with Crippen LogP contribution in [0.2, 0.25) is 0 Å². The van der Waals surface area contributed by atoms with Gasteiger partial charge in [0.2, 0.25) is 29.5 Å². The average Bonchev–Trinajstić information content (AvgIpc) is 2.95. The minimum atomic E-state index is -1.29. The van der Waals surface area contributed by atoms with E-state index < -0.39 is 65.8 Å². The standard InChI is InChI=1S/C31H57N5O9/c1-8-11-21(33-31(45)28(20(7)9-2)35-24(39)12-10-13-26(41)42)29(43)34-22(16-18(3)4)23(38)17-25(40)36-27(19(5)6)30(44)32-14-15-37/h18-23,27-28,37-38H,8-17H2,1-7H3,(H,32,44)(H,33,45)(H,34,43)(H,35,39)(H,36,40)(H,41,42)/t20-,21+,22+,23+,27+,28+/m1/s1. The Kier molecular flexibility index (Phi) is 20.7. The lowest BCUT2D eigenvalue weighted by Crippen LogP contribution is -2.58. The highest BCUT2D eigenvalue weighted by atomic mass is 16.4. The first kappa shape index (κ1) is 41.7. The molecule has 0 aliphatic carbocycles. The lowest BCUT2D eigenvalue weighted by atomic mass is 9.95. The minimum Gasteiger partial charge on any atom is -0.481 e. The zero-order valence-corrected chi connectivity index (χ0v) is 28.0. The number of carbonyl (C=O) groups is 6. The number of aliphatic hydroxyl groups is 2. The second kappa shape index (κ2) is 22.3. The lowest BCUT2D eigenvalue weighted by Gasteiger charge is -2.30. The van der Waals surface area contributed by atoms with Gasteiger partial charge in [-0.1, -0.05) is 61.3 Å². The highest BCUT2D eigenvalue weighted by molar-refractivity contribution is 5.92. The first-order valence-electron chi connectivity index (χ1n) is 16.0. The summed E-state index contributed by atoms with van der Waals surface area (Å²) in [7, 11) is 0. The number of hydrogen-bond acceptors (Lipinski definition) is 8. The Hall–Kier alpha value is -3.26. The summed E-state index contributed by atoms with van der Waals surface area (Å²) in [4.78, 5) is 75.2. The number of hydrogen-bond donors (Lipinski definition) is 8. The highest BCUT2D eigenvalue weighted by Crippen LogP contribution is 2.14. The Morgan fingerprint density at radius 3 is 1.89 bits per heavy atom. The van der Waals surface area contributed by atoms with E-state index in [4.69, 9.17) is 10.2 Å². The Morgan fingerprint density at radius 2 is 1.38 bits per heavy atom. The second-order valence-corrected chi connectivity index (χ2v) is 12.3. The molecule has 45 heavy (non-hydrogen) atoms. The SMILES string of the molecule is CCC[C@H](NC(=O)[C@@H](NC(=O)CCCC(=O)O)[C@H](C)CC)C(=O)N[C@@H](CC(C)C)[C@@H](O)CC(=O)N[C@H](C(=O)NCCO)C(C)C. The summed E-state index contributed by atoms with van der Waals surface area (Å²) in [6, 6.07) is -3.63. The molecule has 0 fully saturated rings. The van der Waals surface area contributed by atoms with Crippen LogP contribution in [-0.4, -0.2) is 94.2 Å². The van der Waals surface area contributed by atoms with Crippen LogP contribution in [0.1, 0.15) is 99.8 Å². The van der Waals surface area contributed by atoms with Crippen LogP contribution in [0.25, 0.3) is 0 Å². The Bertz CT molecular complexity index is 960. The first-order chi connectivity index (χ1) is 21.1. The maximum atomic E-state index is 13.4. The summed E-state index contributed by atoms with van der Waals surface area (Å²) in [5.41, 5.74) is 0. The second-order valence-electron chi connectivity index (χ2n) is 12.3. The van der Waals surface area contributed by atoms with Gasteiger partial charge in [0.15, 0.2) is 0 Å². The van der Waals surface area contributed by atoms with Gasteiger partial charge < -0.3 is 41.9 Å². The van der Waals surface area contributed by atoms with Gasteiger partial charge in [-0.25, -0.2) is 0 Å². The zero-order valence-electron chi connectivity index (χ0n) is 28.0. The van der Waals surface area contributed by atoms with Crippen LogP contribution in [0.4, 0.5) is 0 Å². The molecular weight excluding hydrogens is 586 g/mol. The molecule has 6 atom stereocenters. The number of carboxylic acid groups (broad SMARTS) is 1. The van der Waals surface area contributed by atoms with E-state index in [-0.39, 0.29) is 63.0 Å². The highest BCUT2D eigenvalue weighted by Gasteiger charge is 2.33. The van der Waals surface area contributed by atoms with Gasteiger partial charge in [0.05, 0.1) is 25.2 Å². The Morgan fingerprint density at radius 1 is 0.756 bits per heavy atom. The molecular formula is C31H57N5O9. The predicted molar refractivity (Wildman–Crippen MR) is 169 cm³/mol. The largest absolute Gasteiger partial charge is 0.481 e. The van der Waals surface area contributed by atoms with Crippen molar-refractivity contribution < 1.29 is 44.1 Å². The van der Waals surface area contributed by atoms with Crippen LogP contribution < -0.4 is 26.6 Å². The van der Waals surface area contributed by atoms with Crippen LogP contribution in [-0.2, 0) is 28.8 Å². The number of aliphatic carboxylic acids is 1. The summed E-state index contributed by atoms with van der Waals surface area (Å²) >= 11 is 0. The van der Waals surface area contributed by atoms with Gasteiger partial charge in [0.1, 0.15) is 18.1 Å². The molecule has 0 spiro atoms. The van der Waals surface area contributed by atoms with Crippen LogP contribution in [0, 0.1) is 17.8 Å². The molecule has 5 amide bonds. The molecule has 0 aromatic rings. The number of carboxylic acids is 1. The monoisotopic (exact) mass is 643 g/mol. The molecule has 0 aromatic heterocycles. The molecule has 260 valence electrons. The van der Waals surface area contributed by atoms with Crippen molar-refractivity contribution in [2.24, 2.45) is 17.8 Å². The molecule has 14 heteroatoms. The van der Waals surface area contributed by atoms with Crippen LogP contribution >= 0.6 is 0 Å². The molecule has 0 unspecified atom stereocenters. The van der Waals surface area contributed by atoms with Crippen molar-refractivity contribution in [2.75, 3.05) is 13.2 Å². The minimum absolute atomic E-state index is 0.0334. The topological polar surface area (TPSA) is 223 Å². The fourth-order valence-corrected chi connectivity index (χ4v) is 4.66. The molecule has 0 rings (SSSR count). The summed E-state index contributed by atoms with van der Waals surface area (Å²) in [6.45, 7) is 12.6. The van der Waals surface area contributed by atoms with Gasteiger partial charge in [-0.15, -0.1) is 0 Å². The normalized spacial score (nSPS) is 15.3. The molecule has 14 nitrogen and oxygen atoms in total. The van der Waals surface area contributed by atoms with Crippen LogP contribution in [0.5, 0.6) is 0 Å². The van der Waals surface area contributed by atoms with Gasteiger partial charge in [-0.2, -0.15) is 0 Å². The molecule has 0 aromatic carbocycles. The molecule has 0 aliphatic heterocycles. The predicted octanol–water partition coefficient (Wildman–Crippen LogP) is 0.588. The molecule has 0 aliphatic rings. The van der Waals surface area contributed by atoms with Gasteiger partial charge in [-0.3, -0.25) is 28.8 Å². The third-order valence-electron chi connectivity index (χ3n) is 7.41. The number of nitrogens with one attached hydrogen (secondary N) is 5. The van der Waals surface area contributed by atoms with E-state index in [9.17, 15) is 33.9 Å². The van der Waals surface area contributed by atoms with E-state index in [1.807, 2.05) is 27.7 Å². The summed E-state index contributed by atoms with van der Waals surface area (Å²) in [5.74, 6) is -4.12. The summed E-state index contributed by atoms with van der Waals surface area (Å²) in [5, 5.41) is 42.2. The quantitative estimate of drug-likeness (QED) is 0.0779. The number of amides is 5. The summed E-state index contributed by atoms with van der Waals surface area (Å²) in [6.07, 6.45) is -0.0607. The van der Waals surface area contributed by atoms with E-state index in [0.717, 1.165) is 0 Å². The fraction of sp³-hybridized carbons (Fsp3) is 0.806. The van der Waals surface area contributed by atoms with E-state index in [1.54, 1.807) is 20.8 Å². The molecule has 0 bridgehead atoms. The van der Waals surface area contributed by atoms with Crippen molar-refractivity contribution in [3.63, 3.8) is 0 Å². The fourth-order valence-electron chi connectivity index (χ4n) is 4.66. The lowest BCUT2D eigenvalue weighted by molar-refractivity contribution is -0.137. The Balaban J connectivity index is 5.65. The number of aliphatic hydroxyl groups excluding tert-OH is 2. The number of carbonyl (C=O) groups excluding carboxylic acids is 5. The maximum Gasteiger partial charge on any atom is 0.303 e. The van der Waals surface area contributed by atoms with E-state index in [0.29, 0.717) is 19.3 Å². The van der Waals surface area contributed by atoms with Gasteiger partial charge in [-0.05, 0) is 37.0 Å². The molecule has 0 radical (unpaired) electrons. The average molecular weight is 644 g/mol.